The van der Waals surface area contributed by atoms with Crippen LogP contribution >= 0.6 is 0 Å². The molecule has 0 amide bonds. The molecule has 0 unspecified atom stereocenters. The van der Waals surface area contributed by atoms with Crippen molar-refractivity contribution in [3.05, 3.63) is 12.2 Å². The molecule has 1 heteroatoms. The van der Waals surface area contributed by atoms with E-state index in [-0.39, 0.29) is 0 Å². The maximum atomic E-state index is 2.47. The predicted octanol–water partition coefficient (Wildman–Crippen LogP) is 3.85. The summed E-state index contributed by atoms with van der Waals surface area (Å²) in [6, 6.07) is 0.751. The van der Waals surface area contributed by atoms with Crippen molar-refractivity contribution in [1.29, 1.82) is 0 Å². The van der Waals surface area contributed by atoms with Crippen LogP contribution in [-0.4, -0.2) is 24.5 Å². The molecule has 0 aromatic rings. The highest BCUT2D eigenvalue weighted by molar-refractivity contribution is 4.76. The SMILES string of the molecule is C/C=C\CCCC[C@H](C)N(C)CCC. The number of unbranched alkanes of at least 4 members (excludes halogenated alkanes) is 2. The van der Waals surface area contributed by atoms with Gasteiger partial charge in [-0.2, -0.15) is 0 Å². The average Bonchev–Trinajstić information content (AvgIpc) is 2.17. The van der Waals surface area contributed by atoms with Gasteiger partial charge in [0, 0.05) is 6.04 Å². The molecule has 0 aliphatic heterocycles. The molecule has 0 heterocycles. The first-order valence-electron chi connectivity index (χ1n) is 6.03. The molecule has 14 heavy (non-hydrogen) atoms. The van der Waals surface area contributed by atoms with Crippen molar-refractivity contribution in [2.45, 2.75) is 58.9 Å². The van der Waals surface area contributed by atoms with Crippen LogP contribution in [0.1, 0.15) is 52.9 Å². The molecule has 1 nitrogen and oxygen atoms in total. The van der Waals surface area contributed by atoms with E-state index in [2.05, 4.69) is 44.9 Å². The molecule has 0 saturated heterocycles. The Kier molecular flexibility index (Phi) is 9.06. The Bertz CT molecular complexity index is 140. The first-order valence-corrected chi connectivity index (χ1v) is 6.03. The molecule has 0 aliphatic rings. The lowest BCUT2D eigenvalue weighted by Crippen LogP contribution is -2.29. The number of rotatable bonds is 8. The van der Waals surface area contributed by atoms with Crippen molar-refractivity contribution in [2.24, 2.45) is 0 Å². The average molecular weight is 197 g/mol. The van der Waals surface area contributed by atoms with Gasteiger partial charge >= 0.3 is 0 Å². The van der Waals surface area contributed by atoms with Gasteiger partial charge in [-0.15, -0.1) is 0 Å². The summed E-state index contributed by atoms with van der Waals surface area (Å²) in [5.41, 5.74) is 0. The Morgan fingerprint density at radius 3 is 2.57 bits per heavy atom. The number of hydrogen-bond acceptors (Lipinski definition) is 1. The first-order chi connectivity index (χ1) is 6.72. The molecular formula is C13H27N. The zero-order valence-electron chi connectivity index (χ0n) is 10.4. The summed E-state index contributed by atoms with van der Waals surface area (Å²) in [5.74, 6) is 0. The summed E-state index contributed by atoms with van der Waals surface area (Å²) in [7, 11) is 2.24. The second-order valence-electron chi connectivity index (χ2n) is 4.18. The Labute approximate surface area is 90.2 Å². The molecule has 84 valence electrons. The number of hydrogen-bond donors (Lipinski definition) is 0. The van der Waals surface area contributed by atoms with Crippen LogP contribution in [0.5, 0.6) is 0 Å². The van der Waals surface area contributed by atoms with E-state index < -0.39 is 0 Å². The molecule has 0 bridgehead atoms. The van der Waals surface area contributed by atoms with E-state index in [0.29, 0.717) is 0 Å². The van der Waals surface area contributed by atoms with Crippen molar-refractivity contribution in [3.8, 4) is 0 Å². The van der Waals surface area contributed by atoms with Crippen LogP contribution in [0.25, 0.3) is 0 Å². The Morgan fingerprint density at radius 1 is 1.29 bits per heavy atom. The lowest BCUT2D eigenvalue weighted by molar-refractivity contribution is 0.242. The fourth-order valence-electron chi connectivity index (χ4n) is 1.66. The molecule has 0 radical (unpaired) electrons. The molecule has 0 N–H and O–H groups in total. The van der Waals surface area contributed by atoms with E-state index >= 15 is 0 Å². The van der Waals surface area contributed by atoms with Crippen molar-refractivity contribution in [2.75, 3.05) is 13.6 Å². The van der Waals surface area contributed by atoms with Crippen molar-refractivity contribution >= 4 is 0 Å². The highest BCUT2D eigenvalue weighted by Gasteiger charge is 2.06. The van der Waals surface area contributed by atoms with Gasteiger partial charge in [0.05, 0.1) is 0 Å². The Hall–Kier alpha value is -0.300. The van der Waals surface area contributed by atoms with Gasteiger partial charge in [0.25, 0.3) is 0 Å². The monoisotopic (exact) mass is 197 g/mol. The fourth-order valence-corrected chi connectivity index (χ4v) is 1.66. The zero-order chi connectivity index (χ0) is 10.8. The predicted molar refractivity (Wildman–Crippen MR) is 65.7 cm³/mol. The minimum atomic E-state index is 0.751. The van der Waals surface area contributed by atoms with Crippen LogP contribution < -0.4 is 0 Å². The van der Waals surface area contributed by atoms with Gasteiger partial charge in [0.2, 0.25) is 0 Å². The van der Waals surface area contributed by atoms with E-state index in [4.69, 9.17) is 0 Å². The van der Waals surface area contributed by atoms with Crippen LogP contribution in [0.3, 0.4) is 0 Å². The van der Waals surface area contributed by atoms with Gasteiger partial charge in [-0.3, -0.25) is 0 Å². The Morgan fingerprint density at radius 2 is 2.00 bits per heavy atom. The molecule has 0 aliphatic carbocycles. The van der Waals surface area contributed by atoms with Crippen LogP contribution in [0.15, 0.2) is 12.2 Å². The van der Waals surface area contributed by atoms with E-state index in [1.165, 1.54) is 38.6 Å². The maximum absolute atomic E-state index is 2.47. The van der Waals surface area contributed by atoms with Gasteiger partial charge in [0.15, 0.2) is 0 Å². The summed E-state index contributed by atoms with van der Waals surface area (Å²) < 4.78 is 0. The normalized spacial score (nSPS) is 14.1. The minimum absolute atomic E-state index is 0.751. The third-order valence-electron chi connectivity index (χ3n) is 2.81. The standard InChI is InChI=1S/C13H27N/c1-5-7-8-9-10-11-13(3)14(4)12-6-2/h5,7,13H,6,8-12H2,1-4H3/b7-5-/t13-/m0/s1. The molecule has 0 rings (SSSR count). The first kappa shape index (κ1) is 13.7. The molecule has 0 saturated carbocycles. The summed E-state index contributed by atoms with van der Waals surface area (Å²) in [6.07, 6.45) is 11.0. The molecule has 0 fully saturated rings. The van der Waals surface area contributed by atoms with E-state index in [1.807, 2.05) is 0 Å². The molecule has 1 atom stereocenters. The van der Waals surface area contributed by atoms with E-state index in [9.17, 15) is 0 Å². The van der Waals surface area contributed by atoms with E-state index in [0.717, 1.165) is 6.04 Å². The second kappa shape index (κ2) is 9.26. The molecule has 0 aromatic carbocycles. The van der Waals surface area contributed by atoms with Gasteiger partial charge in [-0.25, -0.2) is 0 Å². The van der Waals surface area contributed by atoms with E-state index in [1.54, 1.807) is 0 Å². The molecule has 0 spiro atoms. The second-order valence-corrected chi connectivity index (χ2v) is 4.18. The highest BCUT2D eigenvalue weighted by atomic mass is 15.1. The van der Waals surface area contributed by atoms with Crippen LogP contribution in [0.4, 0.5) is 0 Å². The van der Waals surface area contributed by atoms with Crippen molar-refractivity contribution < 1.29 is 0 Å². The van der Waals surface area contributed by atoms with Gasteiger partial charge < -0.3 is 4.90 Å². The van der Waals surface area contributed by atoms with Crippen LogP contribution in [-0.2, 0) is 0 Å². The fraction of sp³-hybridized carbons (Fsp3) is 0.846. The van der Waals surface area contributed by atoms with Crippen LogP contribution in [0, 0.1) is 0 Å². The quantitative estimate of drug-likeness (QED) is 0.422. The minimum Gasteiger partial charge on any atom is -0.304 e. The lowest BCUT2D eigenvalue weighted by atomic mass is 10.1. The Balaban J connectivity index is 3.38. The largest absolute Gasteiger partial charge is 0.304 e. The third-order valence-corrected chi connectivity index (χ3v) is 2.81. The summed E-state index contributed by atoms with van der Waals surface area (Å²) in [6.45, 7) is 7.91. The number of nitrogens with zero attached hydrogens (tertiary/aromatic N) is 1. The number of allylic oxidation sites excluding steroid dienone is 2. The van der Waals surface area contributed by atoms with Gasteiger partial charge in [-0.1, -0.05) is 25.5 Å². The maximum Gasteiger partial charge on any atom is 0.00638 e. The summed E-state index contributed by atoms with van der Waals surface area (Å²) in [4.78, 5) is 2.47. The molecular weight excluding hydrogens is 170 g/mol. The van der Waals surface area contributed by atoms with Crippen molar-refractivity contribution in [3.63, 3.8) is 0 Å². The zero-order valence-corrected chi connectivity index (χ0v) is 10.4. The van der Waals surface area contributed by atoms with Gasteiger partial charge in [0.1, 0.15) is 0 Å². The lowest BCUT2D eigenvalue weighted by Gasteiger charge is -2.23. The van der Waals surface area contributed by atoms with Crippen molar-refractivity contribution in [1.82, 2.24) is 4.90 Å². The highest BCUT2D eigenvalue weighted by Crippen LogP contribution is 2.08. The molecule has 0 aromatic heterocycles. The van der Waals surface area contributed by atoms with Crippen LogP contribution in [0.2, 0.25) is 0 Å². The smallest absolute Gasteiger partial charge is 0.00638 e. The summed E-state index contributed by atoms with van der Waals surface area (Å²) >= 11 is 0. The topological polar surface area (TPSA) is 3.24 Å². The van der Waals surface area contributed by atoms with Gasteiger partial charge in [-0.05, 0) is 53.1 Å². The summed E-state index contributed by atoms with van der Waals surface area (Å²) in [5, 5.41) is 0. The third kappa shape index (κ3) is 7.14.